The molecule has 8 nitrogen and oxygen atoms in total. The van der Waals surface area contributed by atoms with E-state index in [9.17, 15) is 19.4 Å². The van der Waals surface area contributed by atoms with E-state index in [0.29, 0.717) is 17.4 Å². The lowest BCUT2D eigenvalue weighted by atomic mass is 10.0. The van der Waals surface area contributed by atoms with Crippen LogP contribution in [0.4, 0.5) is 0 Å². The maximum Gasteiger partial charge on any atom is 0.472 e. The van der Waals surface area contributed by atoms with Gasteiger partial charge in [0.15, 0.2) is 0 Å². The van der Waals surface area contributed by atoms with Crippen LogP contribution in [0.2, 0.25) is 0 Å². The molecule has 0 saturated carbocycles. The molecule has 3 unspecified atom stereocenters. The molecular formula is C59H118N2O6P+. The Morgan fingerprint density at radius 3 is 1.18 bits per heavy atom. The number of aliphatic hydroxyl groups is 1. The highest BCUT2D eigenvalue weighted by atomic mass is 31.2. The van der Waals surface area contributed by atoms with Gasteiger partial charge in [-0.15, -0.1) is 0 Å². The van der Waals surface area contributed by atoms with E-state index < -0.39 is 20.0 Å². The van der Waals surface area contributed by atoms with E-state index in [1.54, 1.807) is 6.08 Å². The predicted molar refractivity (Wildman–Crippen MR) is 295 cm³/mol. The molecule has 68 heavy (non-hydrogen) atoms. The summed E-state index contributed by atoms with van der Waals surface area (Å²) in [5, 5.41) is 13.8. The summed E-state index contributed by atoms with van der Waals surface area (Å²) >= 11 is 0. The van der Waals surface area contributed by atoms with Crippen LogP contribution in [-0.2, 0) is 18.4 Å². The Bertz CT molecular complexity index is 1160. The smallest absolute Gasteiger partial charge is 0.387 e. The molecule has 0 radical (unpaired) electrons. The van der Waals surface area contributed by atoms with Crippen molar-refractivity contribution < 1.29 is 32.9 Å². The molecule has 0 aromatic rings. The standard InChI is InChI=1S/C59H117N2O6P/c1-6-8-10-12-14-16-18-20-21-22-23-24-25-26-27-28-29-30-31-32-33-34-35-36-37-38-39-40-41-43-45-47-49-51-53-59(63)60-57(56-67-68(64,65)66-55-54-61(3,4)5)58(62)52-50-48-46-44-42-19-17-15-13-11-9-7-2/h42,44,50,52,57-58,62H,6-41,43,45-49,51,53-56H2,1-5H3,(H-,60,63,64,65)/p+1/b44-42+,52-50+. The van der Waals surface area contributed by atoms with Crippen molar-refractivity contribution in [3.8, 4) is 0 Å². The number of phosphoric ester groups is 1. The summed E-state index contributed by atoms with van der Waals surface area (Å²) in [6.45, 7) is 4.81. The number of carbonyl (C=O) groups excluding carboxylic acids is 1. The number of likely N-dealkylation sites (N-methyl/N-ethyl adjacent to an activating group) is 1. The summed E-state index contributed by atoms with van der Waals surface area (Å²) < 4.78 is 23.6. The van der Waals surface area contributed by atoms with Crippen molar-refractivity contribution in [3.05, 3.63) is 24.3 Å². The number of nitrogens with one attached hydrogen (secondary N) is 1. The van der Waals surface area contributed by atoms with Crippen molar-refractivity contribution in [2.75, 3.05) is 40.9 Å². The van der Waals surface area contributed by atoms with Crippen molar-refractivity contribution >= 4 is 13.7 Å². The minimum Gasteiger partial charge on any atom is -0.387 e. The minimum atomic E-state index is -4.35. The van der Waals surface area contributed by atoms with Gasteiger partial charge in [0.25, 0.3) is 0 Å². The third-order valence-electron chi connectivity index (χ3n) is 13.7. The molecule has 404 valence electrons. The van der Waals surface area contributed by atoms with Crippen LogP contribution in [0.25, 0.3) is 0 Å². The molecule has 0 fully saturated rings. The Morgan fingerprint density at radius 2 is 0.809 bits per heavy atom. The Morgan fingerprint density at radius 1 is 0.485 bits per heavy atom. The molecule has 9 heteroatoms. The highest BCUT2D eigenvalue weighted by Gasteiger charge is 2.27. The largest absolute Gasteiger partial charge is 0.472 e. The fourth-order valence-corrected chi connectivity index (χ4v) is 9.74. The Labute approximate surface area is 424 Å². The van der Waals surface area contributed by atoms with E-state index in [-0.39, 0.29) is 19.1 Å². The number of rotatable bonds is 55. The molecule has 0 heterocycles. The quantitative estimate of drug-likeness (QED) is 0.0243. The van der Waals surface area contributed by atoms with Gasteiger partial charge in [0.2, 0.25) is 5.91 Å². The van der Waals surface area contributed by atoms with Gasteiger partial charge in [-0.1, -0.05) is 282 Å². The van der Waals surface area contributed by atoms with Gasteiger partial charge < -0.3 is 19.8 Å². The van der Waals surface area contributed by atoms with E-state index in [1.807, 2.05) is 27.2 Å². The molecule has 0 spiro atoms. The van der Waals surface area contributed by atoms with Crippen molar-refractivity contribution in [2.24, 2.45) is 0 Å². The maximum atomic E-state index is 12.9. The van der Waals surface area contributed by atoms with Crippen LogP contribution in [0, 0.1) is 0 Å². The molecular weight excluding hydrogens is 864 g/mol. The summed E-state index contributed by atoms with van der Waals surface area (Å²) in [5.74, 6) is -0.182. The number of quaternary nitrogens is 1. The fourth-order valence-electron chi connectivity index (χ4n) is 9.00. The first-order valence-corrected chi connectivity index (χ1v) is 31.2. The second-order valence-electron chi connectivity index (χ2n) is 21.7. The lowest BCUT2D eigenvalue weighted by molar-refractivity contribution is -0.870. The number of hydrogen-bond acceptors (Lipinski definition) is 5. The summed E-state index contributed by atoms with van der Waals surface area (Å²) in [6.07, 6.45) is 64.6. The average molecular weight is 983 g/mol. The molecule has 0 saturated heterocycles. The lowest BCUT2D eigenvalue weighted by Gasteiger charge is -2.25. The zero-order valence-corrected chi connectivity index (χ0v) is 47.0. The van der Waals surface area contributed by atoms with E-state index >= 15 is 0 Å². The molecule has 0 rings (SSSR count). The van der Waals surface area contributed by atoms with Crippen LogP contribution >= 0.6 is 7.82 Å². The topological polar surface area (TPSA) is 105 Å². The number of unbranched alkanes of at least 4 members (excludes halogenated alkanes) is 40. The van der Waals surface area contributed by atoms with Gasteiger partial charge in [0, 0.05) is 6.42 Å². The lowest BCUT2D eigenvalue weighted by Crippen LogP contribution is -2.45. The van der Waals surface area contributed by atoms with Crippen LogP contribution in [0.15, 0.2) is 24.3 Å². The SMILES string of the molecule is CCCCCCCC/C=C/CC/C=C/C(O)C(COP(=O)(O)OCC[N+](C)(C)C)NC(=O)CCCCCCCCCCCCCCCCCCCCCCCCCCCCCCCCCCCC. The summed E-state index contributed by atoms with van der Waals surface area (Å²) in [5.41, 5.74) is 0. The molecule has 0 aromatic carbocycles. The zero-order valence-electron chi connectivity index (χ0n) is 46.1. The highest BCUT2D eigenvalue weighted by molar-refractivity contribution is 7.47. The Balaban J connectivity index is 3.92. The third kappa shape index (κ3) is 52.8. The van der Waals surface area contributed by atoms with Crippen molar-refractivity contribution in [3.63, 3.8) is 0 Å². The number of aliphatic hydroxyl groups excluding tert-OH is 1. The van der Waals surface area contributed by atoms with Gasteiger partial charge in [0.05, 0.1) is 39.9 Å². The van der Waals surface area contributed by atoms with Gasteiger partial charge in [0.1, 0.15) is 13.2 Å². The average Bonchev–Trinajstić information content (AvgIpc) is 3.30. The summed E-state index contributed by atoms with van der Waals surface area (Å²) in [7, 11) is 1.57. The number of allylic oxidation sites excluding steroid dienone is 3. The first-order chi connectivity index (χ1) is 33.0. The molecule has 0 aliphatic heterocycles. The molecule has 0 aliphatic rings. The maximum absolute atomic E-state index is 12.9. The van der Waals surface area contributed by atoms with E-state index in [2.05, 4.69) is 31.3 Å². The molecule has 1 amide bonds. The molecule has 0 aromatic heterocycles. The first kappa shape index (κ1) is 67.0. The van der Waals surface area contributed by atoms with Crippen LogP contribution in [0.1, 0.15) is 296 Å². The molecule has 0 bridgehead atoms. The van der Waals surface area contributed by atoms with Crippen LogP contribution in [-0.4, -0.2) is 73.4 Å². The number of nitrogens with zero attached hydrogens (tertiary/aromatic N) is 1. The number of hydrogen-bond donors (Lipinski definition) is 3. The van der Waals surface area contributed by atoms with Gasteiger partial charge in [-0.2, -0.15) is 0 Å². The van der Waals surface area contributed by atoms with E-state index in [1.165, 1.54) is 238 Å². The minimum absolute atomic E-state index is 0.0584. The zero-order chi connectivity index (χ0) is 49.9. The van der Waals surface area contributed by atoms with Gasteiger partial charge >= 0.3 is 7.82 Å². The van der Waals surface area contributed by atoms with Gasteiger partial charge in [-0.25, -0.2) is 4.57 Å². The number of carbonyl (C=O) groups is 1. The second kappa shape index (κ2) is 50.9. The molecule has 3 N–H and O–H groups in total. The first-order valence-electron chi connectivity index (χ1n) is 29.7. The summed E-state index contributed by atoms with van der Waals surface area (Å²) in [4.78, 5) is 23.2. The third-order valence-corrected chi connectivity index (χ3v) is 14.7. The van der Waals surface area contributed by atoms with E-state index in [4.69, 9.17) is 9.05 Å². The monoisotopic (exact) mass is 982 g/mol. The Hall–Kier alpha value is -1.02. The van der Waals surface area contributed by atoms with Gasteiger partial charge in [-0.3, -0.25) is 13.8 Å². The van der Waals surface area contributed by atoms with Gasteiger partial charge in [-0.05, 0) is 32.1 Å². The van der Waals surface area contributed by atoms with Crippen LogP contribution < -0.4 is 5.32 Å². The molecule has 3 atom stereocenters. The fraction of sp³-hybridized carbons (Fsp3) is 0.915. The van der Waals surface area contributed by atoms with E-state index in [0.717, 1.165) is 38.5 Å². The van der Waals surface area contributed by atoms with Crippen LogP contribution in [0.3, 0.4) is 0 Å². The van der Waals surface area contributed by atoms with Crippen molar-refractivity contribution in [1.29, 1.82) is 0 Å². The normalized spacial score (nSPS) is 14.0. The van der Waals surface area contributed by atoms with Crippen LogP contribution in [0.5, 0.6) is 0 Å². The number of phosphoric acid groups is 1. The van der Waals surface area contributed by atoms with Crippen molar-refractivity contribution in [2.45, 2.75) is 309 Å². The predicted octanol–water partition coefficient (Wildman–Crippen LogP) is 18.0. The number of amides is 1. The summed E-state index contributed by atoms with van der Waals surface area (Å²) in [6, 6.07) is -0.859. The molecule has 0 aliphatic carbocycles. The highest BCUT2D eigenvalue weighted by Crippen LogP contribution is 2.43. The Kier molecular flexibility index (Phi) is 50.1. The second-order valence-corrected chi connectivity index (χ2v) is 23.2. The van der Waals surface area contributed by atoms with Crippen molar-refractivity contribution in [1.82, 2.24) is 5.32 Å².